The van der Waals surface area contributed by atoms with Crippen LogP contribution in [0, 0.1) is 0 Å². The minimum Gasteiger partial charge on any atom is -0.385 e. The molecule has 1 saturated heterocycles. The Morgan fingerprint density at radius 1 is 0.853 bits per heavy atom. The average molecular weight is 584 g/mol. The molecular weight excluding hydrogens is 560 g/mol. The summed E-state index contributed by atoms with van der Waals surface area (Å²) in [6.07, 6.45) is 2.52. The fraction of sp³-hybridized carbons (Fsp3) is 0.185. The van der Waals surface area contributed by atoms with E-state index in [0.29, 0.717) is 31.5 Å². The van der Waals surface area contributed by atoms with Gasteiger partial charge < -0.3 is 15.3 Å². The van der Waals surface area contributed by atoms with Crippen LogP contribution < -0.4 is 5.32 Å². The quantitative estimate of drug-likeness (QED) is 0.390. The van der Waals surface area contributed by atoms with Gasteiger partial charge in [0.2, 0.25) is 0 Å². The highest BCUT2D eigenvalue weighted by molar-refractivity contribution is 9.10. The maximum atomic E-state index is 13.5. The molecule has 0 saturated carbocycles. The predicted octanol–water partition coefficient (Wildman–Crippen LogP) is 5.49. The molecule has 3 aromatic carbocycles. The maximum absolute atomic E-state index is 13.5. The summed E-state index contributed by atoms with van der Waals surface area (Å²) >= 11 is 6.79. The number of nitrogens with one attached hydrogen (secondary N) is 1. The van der Waals surface area contributed by atoms with Crippen LogP contribution in [0.1, 0.15) is 34.3 Å². The van der Waals surface area contributed by atoms with Crippen molar-refractivity contribution < 1.29 is 14.7 Å². The van der Waals surface area contributed by atoms with Crippen molar-refractivity contribution in [3.63, 3.8) is 0 Å². The molecule has 0 bridgehead atoms. The van der Waals surface area contributed by atoms with Crippen LogP contribution in [0.4, 0.5) is 0 Å². The molecule has 3 aromatic rings. The number of hydrogen-bond donors (Lipinski definition) is 2. The molecule has 34 heavy (non-hydrogen) atoms. The number of likely N-dealkylation sites (tertiary alicyclic amines) is 1. The summed E-state index contributed by atoms with van der Waals surface area (Å²) in [4.78, 5) is 28.0. The van der Waals surface area contributed by atoms with Gasteiger partial charge in [-0.3, -0.25) is 9.59 Å². The smallest absolute Gasteiger partial charge is 0.270 e. The van der Waals surface area contributed by atoms with Crippen molar-refractivity contribution in [2.75, 3.05) is 13.1 Å². The standard InChI is InChI=1S/C27H24Br2N2O3/c28-22-10-6-20(7-11-22)25(32)30-24(18-19-4-2-1-3-5-19)26(33)31-16-14-27(34,15-17-31)21-8-12-23(29)13-9-21/h1-13,18,34H,14-17H2,(H,30,32)/b24-18-. The number of halogens is 2. The highest BCUT2D eigenvalue weighted by atomic mass is 79.9. The normalized spacial score (nSPS) is 15.6. The lowest BCUT2D eigenvalue weighted by Gasteiger charge is -2.38. The van der Waals surface area contributed by atoms with E-state index in [-0.39, 0.29) is 17.5 Å². The molecule has 174 valence electrons. The third-order valence-corrected chi connectivity index (χ3v) is 7.01. The fourth-order valence-electron chi connectivity index (χ4n) is 3.96. The molecule has 1 heterocycles. The van der Waals surface area contributed by atoms with E-state index in [4.69, 9.17) is 0 Å². The molecule has 5 nitrogen and oxygen atoms in total. The summed E-state index contributed by atoms with van der Waals surface area (Å²) < 4.78 is 1.82. The number of rotatable bonds is 5. The van der Waals surface area contributed by atoms with E-state index >= 15 is 0 Å². The monoisotopic (exact) mass is 582 g/mol. The maximum Gasteiger partial charge on any atom is 0.270 e. The van der Waals surface area contributed by atoms with Gasteiger partial charge in [-0.25, -0.2) is 0 Å². The number of hydrogen-bond acceptors (Lipinski definition) is 3. The zero-order valence-corrected chi connectivity index (χ0v) is 21.6. The number of benzene rings is 3. The predicted molar refractivity (Wildman–Crippen MR) is 140 cm³/mol. The van der Waals surface area contributed by atoms with Gasteiger partial charge in [0.05, 0.1) is 5.60 Å². The molecule has 4 rings (SSSR count). The zero-order chi connectivity index (χ0) is 24.1. The van der Waals surface area contributed by atoms with Gasteiger partial charge in [-0.05, 0) is 66.4 Å². The van der Waals surface area contributed by atoms with Crippen LogP contribution in [-0.2, 0) is 10.4 Å². The number of piperidine rings is 1. The molecular formula is C27H24Br2N2O3. The topological polar surface area (TPSA) is 69.6 Å². The van der Waals surface area contributed by atoms with Crippen molar-refractivity contribution in [3.8, 4) is 0 Å². The third-order valence-electron chi connectivity index (χ3n) is 5.95. The van der Waals surface area contributed by atoms with Gasteiger partial charge in [0.15, 0.2) is 0 Å². The number of amides is 2. The summed E-state index contributed by atoms with van der Waals surface area (Å²) in [7, 11) is 0. The van der Waals surface area contributed by atoms with Gasteiger partial charge in [0.1, 0.15) is 5.70 Å². The molecule has 1 aliphatic rings. The lowest BCUT2D eigenvalue weighted by atomic mass is 9.84. The Balaban J connectivity index is 1.52. The molecule has 0 radical (unpaired) electrons. The Bertz CT molecular complexity index is 1180. The third kappa shape index (κ3) is 5.84. The lowest BCUT2D eigenvalue weighted by Crippen LogP contribution is -2.47. The van der Waals surface area contributed by atoms with Crippen LogP contribution in [0.2, 0.25) is 0 Å². The first-order chi connectivity index (χ1) is 16.3. The summed E-state index contributed by atoms with van der Waals surface area (Å²) in [6, 6.07) is 24.0. The minimum atomic E-state index is -0.985. The van der Waals surface area contributed by atoms with Crippen LogP contribution in [-0.4, -0.2) is 34.9 Å². The Hall–Kier alpha value is -2.74. The second kappa shape index (κ2) is 10.7. The molecule has 0 aliphatic carbocycles. The van der Waals surface area contributed by atoms with Crippen molar-refractivity contribution in [1.82, 2.24) is 10.2 Å². The van der Waals surface area contributed by atoms with Gasteiger partial charge >= 0.3 is 0 Å². The Kier molecular flexibility index (Phi) is 7.66. The molecule has 2 amide bonds. The zero-order valence-electron chi connectivity index (χ0n) is 18.4. The van der Waals surface area contributed by atoms with Crippen molar-refractivity contribution in [1.29, 1.82) is 0 Å². The van der Waals surface area contributed by atoms with E-state index in [0.717, 1.165) is 20.1 Å². The number of carbonyl (C=O) groups is 2. The largest absolute Gasteiger partial charge is 0.385 e. The molecule has 0 spiro atoms. The molecule has 0 atom stereocenters. The first kappa shape index (κ1) is 24.4. The minimum absolute atomic E-state index is 0.202. The van der Waals surface area contributed by atoms with E-state index in [2.05, 4.69) is 37.2 Å². The van der Waals surface area contributed by atoms with Crippen molar-refractivity contribution in [2.45, 2.75) is 18.4 Å². The Labute approximate surface area is 215 Å². The molecule has 0 unspecified atom stereocenters. The summed E-state index contributed by atoms with van der Waals surface area (Å²) in [6.45, 7) is 0.761. The van der Waals surface area contributed by atoms with Gasteiger partial charge in [-0.1, -0.05) is 74.3 Å². The number of carbonyl (C=O) groups excluding carboxylic acids is 2. The van der Waals surface area contributed by atoms with Gasteiger partial charge in [-0.2, -0.15) is 0 Å². The van der Waals surface area contributed by atoms with E-state index in [1.807, 2.05) is 54.6 Å². The molecule has 7 heteroatoms. The second-order valence-electron chi connectivity index (χ2n) is 8.26. The molecule has 1 aliphatic heterocycles. The molecule has 1 fully saturated rings. The van der Waals surface area contributed by atoms with Crippen LogP contribution in [0.15, 0.2) is 93.5 Å². The van der Waals surface area contributed by atoms with Crippen molar-refractivity contribution in [3.05, 3.63) is 110 Å². The van der Waals surface area contributed by atoms with Gasteiger partial charge in [0.25, 0.3) is 11.8 Å². The van der Waals surface area contributed by atoms with Gasteiger partial charge in [0, 0.05) is 27.6 Å². The Morgan fingerprint density at radius 2 is 1.41 bits per heavy atom. The highest BCUT2D eigenvalue weighted by Crippen LogP contribution is 2.33. The summed E-state index contributed by atoms with van der Waals surface area (Å²) in [5.74, 6) is -0.626. The van der Waals surface area contributed by atoms with E-state index in [9.17, 15) is 14.7 Å². The second-order valence-corrected chi connectivity index (χ2v) is 10.1. The Morgan fingerprint density at radius 3 is 2.00 bits per heavy atom. The first-order valence-electron chi connectivity index (χ1n) is 11.0. The molecule has 2 N–H and O–H groups in total. The van der Waals surface area contributed by atoms with E-state index in [1.54, 1.807) is 35.2 Å². The van der Waals surface area contributed by atoms with E-state index < -0.39 is 5.60 Å². The van der Waals surface area contributed by atoms with Crippen LogP contribution in [0.3, 0.4) is 0 Å². The lowest BCUT2D eigenvalue weighted by molar-refractivity contribution is -0.131. The first-order valence-corrected chi connectivity index (χ1v) is 12.5. The fourth-order valence-corrected chi connectivity index (χ4v) is 4.49. The number of nitrogens with zero attached hydrogens (tertiary/aromatic N) is 1. The van der Waals surface area contributed by atoms with Crippen molar-refractivity contribution in [2.24, 2.45) is 0 Å². The van der Waals surface area contributed by atoms with Crippen molar-refractivity contribution >= 4 is 49.8 Å². The summed E-state index contributed by atoms with van der Waals surface area (Å²) in [5.41, 5.74) is 1.32. The SMILES string of the molecule is O=C(N/C(=C\c1ccccc1)C(=O)N1CCC(O)(c2ccc(Br)cc2)CC1)c1ccc(Br)cc1. The van der Waals surface area contributed by atoms with Crippen LogP contribution >= 0.6 is 31.9 Å². The van der Waals surface area contributed by atoms with Gasteiger partial charge in [-0.15, -0.1) is 0 Å². The van der Waals surface area contributed by atoms with E-state index in [1.165, 1.54) is 0 Å². The van der Waals surface area contributed by atoms with Crippen LogP contribution in [0.5, 0.6) is 0 Å². The average Bonchev–Trinajstić information content (AvgIpc) is 2.85. The molecule has 0 aromatic heterocycles. The van der Waals surface area contributed by atoms with Crippen LogP contribution in [0.25, 0.3) is 6.08 Å². The highest BCUT2D eigenvalue weighted by Gasteiger charge is 2.36. The summed E-state index contributed by atoms with van der Waals surface area (Å²) in [5, 5.41) is 14.0. The number of aliphatic hydroxyl groups is 1.